The number of phenols is 2. The lowest BCUT2D eigenvalue weighted by Crippen LogP contribution is -2.25. The summed E-state index contributed by atoms with van der Waals surface area (Å²) in [5.74, 6) is -0.634. The lowest BCUT2D eigenvalue weighted by molar-refractivity contribution is 0.0783. The average Bonchev–Trinajstić information content (AvgIpc) is 2.74. The van der Waals surface area contributed by atoms with Crippen LogP contribution in [0, 0.1) is 0 Å². The molecule has 0 fully saturated rings. The number of amides is 1. The molecular formula is C13H12ClNO3S. The van der Waals surface area contributed by atoms with Crippen molar-refractivity contribution < 1.29 is 15.0 Å². The predicted molar refractivity (Wildman–Crippen MR) is 74.9 cm³/mol. The van der Waals surface area contributed by atoms with Crippen LogP contribution in [0.1, 0.15) is 15.2 Å². The molecule has 19 heavy (non-hydrogen) atoms. The van der Waals surface area contributed by atoms with Gasteiger partial charge in [0.05, 0.1) is 16.4 Å². The molecule has 1 aromatic heterocycles. The molecule has 2 rings (SSSR count). The Bertz CT molecular complexity index is 612. The lowest BCUT2D eigenvalue weighted by atomic mass is 10.1. The fourth-order valence-electron chi connectivity index (χ4n) is 1.65. The minimum atomic E-state index is -0.318. The van der Waals surface area contributed by atoms with Crippen LogP contribution in [0.25, 0.3) is 0 Å². The van der Waals surface area contributed by atoms with E-state index in [2.05, 4.69) is 0 Å². The third-order valence-corrected chi connectivity index (χ3v) is 3.80. The molecule has 1 heterocycles. The van der Waals surface area contributed by atoms with E-state index >= 15 is 0 Å². The zero-order valence-electron chi connectivity index (χ0n) is 10.1. The van der Waals surface area contributed by atoms with Crippen molar-refractivity contribution in [1.29, 1.82) is 0 Å². The van der Waals surface area contributed by atoms with Crippen LogP contribution < -0.4 is 0 Å². The van der Waals surface area contributed by atoms with E-state index in [0.717, 1.165) is 10.9 Å². The van der Waals surface area contributed by atoms with Gasteiger partial charge in [0.15, 0.2) is 0 Å². The second-order valence-electron chi connectivity index (χ2n) is 4.07. The summed E-state index contributed by atoms with van der Waals surface area (Å²) in [6.07, 6.45) is 0. The van der Waals surface area contributed by atoms with Crippen LogP contribution in [0.2, 0.25) is 4.34 Å². The van der Waals surface area contributed by atoms with Crippen molar-refractivity contribution in [2.75, 3.05) is 7.05 Å². The normalized spacial score (nSPS) is 10.4. The number of halogens is 1. The molecule has 0 atom stereocenters. The molecule has 0 bridgehead atoms. The number of rotatable bonds is 3. The molecule has 1 aromatic carbocycles. The minimum absolute atomic E-state index is 0.0817. The molecule has 100 valence electrons. The molecule has 4 nitrogen and oxygen atoms in total. The first-order chi connectivity index (χ1) is 8.97. The Morgan fingerprint density at radius 1 is 1.32 bits per heavy atom. The predicted octanol–water partition coefficient (Wildman–Crippen LogP) is 3.08. The number of carbonyl (C=O) groups excluding carboxylic acids is 1. The smallest absolute Gasteiger partial charge is 0.257 e. The summed E-state index contributed by atoms with van der Waals surface area (Å²) in [6.45, 7) is 0.413. The number of hydrogen-bond donors (Lipinski definition) is 2. The van der Waals surface area contributed by atoms with Crippen LogP contribution in [0.3, 0.4) is 0 Å². The summed E-state index contributed by atoms with van der Waals surface area (Å²) in [4.78, 5) is 14.6. The molecule has 0 aliphatic carbocycles. The summed E-state index contributed by atoms with van der Waals surface area (Å²) in [7, 11) is 1.64. The molecular weight excluding hydrogens is 286 g/mol. The molecule has 1 amide bonds. The topological polar surface area (TPSA) is 60.8 Å². The lowest BCUT2D eigenvalue weighted by Gasteiger charge is -2.17. The van der Waals surface area contributed by atoms with E-state index < -0.39 is 0 Å². The Hall–Kier alpha value is -1.72. The van der Waals surface area contributed by atoms with Crippen LogP contribution in [0.15, 0.2) is 30.3 Å². The Morgan fingerprint density at radius 2 is 2.05 bits per heavy atom. The van der Waals surface area contributed by atoms with Gasteiger partial charge >= 0.3 is 0 Å². The Labute approximate surface area is 119 Å². The zero-order valence-corrected chi connectivity index (χ0v) is 11.7. The van der Waals surface area contributed by atoms with Crippen molar-refractivity contribution >= 4 is 28.8 Å². The zero-order chi connectivity index (χ0) is 14.0. The van der Waals surface area contributed by atoms with Crippen molar-refractivity contribution in [3.63, 3.8) is 0 Å². The molecule has 6 heteroatoms. The second kappa shape index (κ2) is 5.50. The van der Waals surface area contributed by atoms with Gasteiger partial charge in [-0.1, -0.05) is 11.6 Å². The largest absolute Gasteiger partial charge is 0.508 e. The summed E-state index contributed by atoms with van der Waals surface area (Å²) >= 11 is 7.23. The summed E-state index contributed by atoms with van der Waals surface area (Å²) < 4.78 is 0.670. The third-order valence-electron chi connectivity index (χ3n) is 2.58. The van der Waals surface area contributed by atoms with Gasteiger partial charge in [0, 0.05) is 18.0 Å². The highest BCUT2D eigenvalue weighted by Crippen LogP contribution is 2.26. The van der Waals surface area contributed by atoms with Crippen molar-refractivity contribution in [2.45, 2.75) is 6.54 Å². The van der Waals surface area contributed by atoms with Gasteiger partial charge in [-0.2, -0.15) is 0 Å². The molecule has 0 radical (unpaired) electrons. The maximum atomic E-state index is 12.1. The maximum Gasteiger partial charge on any atom is 0.257 e. The van der Waals surface area contributed by atoms with Gasteiger partial charge in [0.25, 0.3) is 5.91 Å². The summed E-state index contributed by atoms with van der Waals surface area (Å²) in [6, 6.07) is 7.53. The molecule has 0 unspecified atom stereocenters. The monoisotopic (exact) mass is 297 g/mol. The summed E-state index contributed by atoms with van der Waals surface area (Å²) in [5, 5.41) is 18.9. The van der Waals surface area contributed by atoms with E-state index in [1.54, 1.807) is 13.1 Å². The van der Waals surface area contributed by atoms with Gasteiger partial charge in [-0.05, 0) is 24.3 Å². The first kappa shape index (κ1) is 13.7. The number of carbonyl (C=O) groups is 1. The average molecular weight is 298 g/mol. The van der Waals surface area contributed by atoms with E-state index in [1.165, 1.54) is 28.4 Å². The van der Waals surface area contributed by atoms with Crippen LogP contribution >= 0.6 is 22.9 Å². The van der Waals surface area contributed by atoms with E-state index in [9.17, 15) is 15.0 Å². The fourth-order valence-corrected chi connectivity index (χ4v) is 2.79. The van der Waals surface area contributed by atoms with Crippen molar-refractivity contribution in [3.8, 4) is 11.5 Å². The molecule has 0 aliphatic heterocycles. The van der Waals surface area contributed by atoms with Gasteiger partial charge in [-0.15, -0.1) is 11.3 Å². The van der Waals surface area contributed by atoms with Gasteiger partial charge in [0.2, 0.25) is 0 Å². The Kier molecular flexibility index (Phi) is 3.97. The number of nitrogens with zero attached hydrogens (tertiary/aromatic N) is 1. The molecule has 2 N–H and O–H groups in total. The van der Waals surface area contributed by atoms with E-state index in [4.69, 9.17) is 11.6 Å². The van der Waals surface area contributed by atoms with E-state index in [-0.39, 0.29) is 23.0 Å². The number of phenolic OH excluding ortho intramolecular Hbond substituents is 2. The Morgan fingerprint density at radius 3 is 2.63 bits per heavy atom. The number of benzene rings is 1. The SMILES string of the molecule is CN(Cc1ccc(Cl)s1)C(=O)c1ccc(O)cc1O. The van der Waals surface area contributed by atoms with Crippen LogP contribution in [0.4, 0.5) is 0 Å². The highest BCUT2D eigenvalue weighted by Gasteiger charge is 2.16. The minimum Gasteiger partial charge on any atom is -0.508 e. The van der Waals surface area contributed by atoms with Crippen LogP contribution in [0.5, 0.6) is 11.5 Å². The molecule has 0 spiro atoms. The number of aromatic hydroxyl groups is 2. The van der Waals surface area contributed by atoms with Crippen LogP contribution in [-0.2, 0) is 6.54 Å². The van der Waals surface area contributed by atoms with E-state index in [1.807, 2.05) is 6.07 Å². The highest BCUT2D eigenvalue weighted by atomic mass is 35.5. The van der Waals surface area contributed by atoms with Gasteiger partial charge < -0.3 is 15.1 Å². The number of thiophene rings is 1. The fraction of sp³-hybridized carbons (Fsp3) is 0.154. The highest BCUT2D eigenvalue weighted by molar-refractivity contribution is 7.16. The number of hydrogen-bond acceptors (Lipinski definition) is 4. The molecule has 0 saturated heterocycles. The first-order valence-electron chi connectivity index (χ1n) is 5.49. The van der Waals surface area contributed by atoms with Gasteiger partial charge in [-0.3, -0.25) is 4.79 Å². The quantitative estimate of drug-likeness (QED) is 0.915. The standard InChI is InChI=1S/C13H12ClNO3S/c1-15(7-9-3-5-12(14)19-9)13(18)10-4-2-8(16)6-11(10)17/h2-6,16-17H,7H2,1H3. The Balaban J connectivity index is 2.14. The van der Waals surface area contributed by atoms with Crippen LogP contribution in [-0.4, -0.2) is 28.1 Å². The third kappa shape index (κ3) is 3.19. The summed E-state index contributed by atoms with van der Waals surface area (Å²) in [5.41, 5.74) is 0.156. The molecule has 0 saturated carbocycles. The van der Waals surface area contributed by atoms with Gasteiger partial charge in [0.1, 0.15) is 11.5 Å². The second-order valence-corrected chi connectivity index (χ2v) is 5.87. The van der Waals surface area contributed by atoms with E-state index in [0.29, 0.717) is 10.9 Å². The maximum absolute atomic E-state index is 12.1. The first-order valence-corrected chi connectivity index (χ1v) is 6.68. The van der Waals surface area contributed by atoms with Crippen molar-refractivity contribution in [3.05, 3.63) is 45.1 Å². The molecule has 0 aliphatic rings. The molecule has 2 aromatic rings. The van der Waals surface area contributed by atoms with Gasteiger partial charge in [-0.25, -0.2) is 0 Å². The van der Waals surface area contributed by atoms with Crippen molar-refractivity contribution in [2.24, 2.45) is 0 Å². The van der Waals surface area contributed by atoms with Crippen molar-refractivity contribution in [1.82, 2.24) is 4.90 Å².